The Morgan fingerprint density at radius 1 is 1.17 bits per heavy atom. The maximum Gasteiger partial charge on any atom is 0.233 e. The quantitative estimate of drug-likeness (QED) is 0.397. The van der Waals surface area contributed by atoms with Crippen molar-refractivity contribution in [2.24, 2.45) is 0 Å². The van der Waals surface area contributed by atoms with E-state index in [0.717, 1.165) is 45.0 Å². The van der Waals surface area contributed by atoms with E-state index >= 15 is 0 Å². The molecule has 2 aromatic carbocycles. The third-order valence-electron chi connectivity index (χ3n) is 4.94. The number of thiazole rings is 1. The van der Waals surface area contributed by atoms with Crippen LogP contribution in [0.1, 0.15) is 23.1 Å². The van der Waals surface area contributed by atoms with Crippen molar-refractivity contribution in [3.63, 3.8) is 0 Å². The fourth-order valence-electron chi connectivity index (χ4n) is 3.44. The molecule has 4 rings (SSSR count). The van der Waals surface area contributed by atoms with Gasteiger partial charge in [-0.2, -0.15) is 0 Å². The van der Waals surface area contributed by atoms with E-state index in [9.17, 15) is 4.79 Å². The fraction of sp³-hybridized carbons (Fsp3) is 0.261. The van der Waals surface area contributed by atoms with Crippen LogP contribution in [0.25, 0.3) is 10.2 Å². The molecule has 0 aliphatic heterocycles. The van der Waals surface area contributed by atoms with E-state index in [0.29, 0.717) is 13.0 Å². The average Bonchev–Trinajstić information content (AvgIpc) is 3.35. The molecule has 2 aromatic heterocycles. The number of carbonyl (C=O) groups is 1. The largest absolute Gasteiger partial charge is 0.337 e. The van der Waals surface area contributed by atoms with Gasteiger partial charge in [0.15, 0.2) is 5.13 Å². The fourth-order valence-corrected chi connectivity index (χ4v) is 4.53. The highest BCUT2D eigenvalue weighted by atomic mass is 35.5. The van der Waals surface area contributed by atoms with Crippen molar-refractivity contribution in [3.8, 4) is 0 Å². The van der Waals surface area contributed by atoms with Gasteiger partial charge in [-0.05, 0) is 37.5 Å². The molecule has 2 heterocycles. The number of benzene rings is 2. The third kappa shape index (κ3) is 5.07. The molecule has 7 heteroatoms. The number of hydrogen-bond acceptors (Lipinski definition) is 4. The van der Waals surface area contributed by atoms with Gasteiger partial charge < -0.3 is 4.57 Å². The Morgan fingerprint density at radius 3 is 2.73 bits per heavy atom. The average molecular weight is 441 g/mol. The second-order valence-corrected chi connectivity index (χ2v) is 8.29. The highest BCUT2D eigenvalue weighted by Crippen LogP contribution is 2.31. The molecule has 5 nitrogen and oxygen atoms in total. The Bertz CT molecular complexity index is 1120. The smallest absolute Gasteiger partial charge is 0.233 e. The van der Waals surface area contributed by atoms with Crippen molar-refractivity contribution in [2.45, 2.75) is 33.2 Å². The lowest BCUT2D eigenvalue weighted by Crippen LogP contribution is -2.33. The standard InChI is InChI=1S/C23H24N4OS.ClH/c1-17-6-3-8-19(14-17)15-21(28)27(12-5-11-26-13-10-24-16-26)23-25-22-18(2)7-4-9-20(22)29-23;/h3-4,6-10,13-14,16H,5,11-12,15H2,1-2H3;1H. The molecule has 0 aliphatic rings. The molecule has 0 unspecified atom stereocenters. The van der Waals surface area contributed by atoms with Crippen LogP contribution in [0, 0.1) is 13.8 Å². The first-order valence-corrected chi connectivity index (χ1v) is 10.6. The summed E-state index contributed by atoms with van der Waals surface area (Å²) in [7, 11) is 0. The molecule has 0 fully saturated rings. The van der Waals surface area contributed by atoms with Crippen LogP contribution in [-0.2, 0) is 17.8 Å². The Labute approximate surface area is 186 Å². The number of anilines is 1. The monoisotopic (exact) mass is 440 g/mol. The molecule has 0 N–H and O–H groups in total. The van der Waals surface area contributed by atoms with Crippen LogP contribution in [0.15, 0.2) is 61.2 Å². The van der Waals surface area contributed by atoms with E-state index in [-0.39, 0.29) is 18.3 Å². The second kappa shape index (κ2) is 9.87. The highest BCUT2D eigenvalue weighted by Gasteiger charge is 2.20. The number of aromatic nitrogens is 3. The minimum atomic E-state index is 0. The zero-order chi connectivity index (χ0) is 20.2. The van der Waals surface area contributed by atoms with E-state index in [1.54, 1.807) is 23.9 Å². The lowest BCUT2D eigenvalue weighted by atomic mass is 10.1. The summed E-state index contributed by atoms with van der Waals surface area (Å²) in [4.78, 5) is 24.0. The summed E-state index contributed by atoms with van der Waals surface area (Å²) in [6, 6.07) is 14.3. The summed E-state index contributed by atoms with van der Waals surface area (Å²) < 4.78 is 3.15. The maximum atomic E-state index is 13.3. The zero-order valence-corrected chi connectivity index (χ0v) is 18.7. The van der Waals surface area contributed by atoms with Gasteiger partial charge in [-0.1, -0.05) is 53.3 Å². The Morgan fingerprint density at radius 2 is 2.00 bits per heavy atom. The normalized spacial score (nSPS) is 10.7. The number of carbonyl (C=O) groups excluding carboxylic acids is 1. The lowest BCUT2D eigenvalue weighted by molar-refractivity contribution is -0.118. The van der Waals surface area contributed by atoms with Crippen LogP contribution in [0.2, 0.25) is 0 Å². The van der Waals surface area contributed by atoms with Crippen molar-refractivity contribution < 1.29 is 4.79 Å². The highest BCUT2D eigenvalue weighted by molar-refractivity contribution is 7.22. The van der Waals surface area contributed by atoms with Gasteiger partial charge >= 0.3 is 0 Å². The number of imidazole rings is 1. The van der Waals surface area contributed by atoms with Crippen LogP contribution in [0.5, 0.6) is 0 Å². The first-order chi connectivity index (χ1) is 14.1. The van der Waals surface area contributed by atoms with Crippen molar-refractivity contribution >= 4 is 45.0 Å². The van der Waals surface area contributed by atoms with E-state index in [1.165, 1.54) is 0 Å². The van der Waals surface area contributed by atoms with Crippen molar-refractivity contribution in [3.05, 3.63) is 77.9 Å². The van der Waals surface area contributed by atoms with Crippen LogP contribution < -0.4 is 4.90 Å². The number of para-hydroxylation sites is 1. The van der Waals surface area contributed by atoms with Crippen LogP contribution in [0.4, 0.5) is 5.13 Å². The molecule has 156 valence electrons. The van der Waals surface area contributed by atoms with Crippen molar-refractivity contribution in [2.75, 3.05) is 11.4 Å². The molecule has 0 radical (unpaired) electrons. The molecule has 4 aromatic rings. The van der Waals surface area contributed by atoms with Gasteiger partial charge in [0.1, 0.15) is 0 Å². The van der Waals surface area contributed by atoms with Gasteiger partial charge in [0.2, 0.25) is 5.91 Å². The minimum Gasteiger partial charge on any atom is -0.337 e. The van der Waals surface area contributed by atoms with E-state index < -0.39 is 0 Å². The Balaban J connectivity index is 0.00000256. The van der Waals surface area contributed by atoms with Gasteiger partial charge in [0.05, 0.1) is 23.0 Å². The molecule has 1 amide bonds. The molecule has 0 spiro atoms. The minimum absolute atomic E-state index is 0. The van der Waals surface area contributed by atoms with Gasteiger partial charge in [-0.25, -0.2) is 9.97 Å². The van der Waals surface area contributed by atoms with Crippen LogP contribution in [0.3, 0.4) is 0 Å². The molecule has 0 saturated heterocycles. The number of amides is 1. The summed E-state index contributed by atoms with van der Waals surface area (Å²) in [5.74, 6) is 0.0814. The molecule has 0 bridgehead atoms. The van der Waals surface area contributed by atoms with E-state index in [2.05, 4.69) is 30.1 Å². The number of aryl methyl sites for hydroxylation is 3. The summed E-state index contributed by atoms with van der Waals surface area (Å²) in [5.41, 5.74) is 4.31. The molecule has 30 heavy (non-hydrogen) atoms. The number of halogens is 1. The Hall–Kier alpha value is -2.70. The number of rotatable bonds is 7. The number of fused-ring (bicyclic) bond motifs is 1. The van der Waals surface area contributed by atoms with Crippen LogP contribution >= 0.6 is 23.7 Å². The maximum absolute atomic E-state index is 13.3. The van der Waals surface area contributed by atoms with Gasteiger partial charge in [-0.3, -0.25) is 9.69 Å². The zero-order valence-electron chi connectivity index (χ0n) is 17.1. The SMILES string of the molecule is Cc1cccc(CC(=O)N(CCCn2ccnc2)c2nc3c(C)cccc3s2)c1.Cl. The van der Waals surface area contributed by atoms with E-state index in [4.69, 9.17) is 4.98 Å². The van der Waals surface area contributed by atoms with Crippen molar-refractivity contribution in [1.82, 2.24) is 14.5 Å². The second-order valence-electron chi connectivity index (χ2n) is 7.28. The van der Waals surface area contributed by atoms with Crippen LogP contribution in [-0.4, -0.2) is 27.0 Å². The molecule has 0 saturated carbocycles. The first kappa shape index (κ1) is 22.0. The predicted octanol–water partition coefficient (Wildman–Crippen LogP) is 5.20. The molecular weight excluding hydrogens is 416 g/mol. The third-order valence-corrected chi connectivity index (χ3v) is 5.98. The first-order valence-electron chi connectivity index (χ1n) is 9.78. The summed E-state index contributed by atoms with van der Waals surface area (Å²) in [6.07, 6.45) is 6.74. The van der Waals surface area contributed by atoms with E-state index in [1.807, 2.05) is 46.9 Å². The van der Waals surface area contributed by atoms with Gasteiger partial charge in [0.25, 0.3) is 0 Å². The summed E-state index contributed by atoms with van der Waals surface area (Å²) >= 11 is 1.58. The Kier molecular flexibility index (Phi) is 7.24. The number of hydrogen-bond donors (Lipinski definition) is 0. The van der Waals surface area contributed by atoms with Crippen molar-refractivity contribution in [1.29, 1.82) is 0 Å². The van der Waals surface area contributed by atoms with Gasteiger partial charge in [0, 0.05) is 25.5 Å². The molecule has 0 atom stereocenters. The summed E-state index contributed by atoms with van der Waals surface area (Å²) in [5, 5.41) is 0.776. The molecular formula is C23H25ClN4OS. The van der Waals surface area contributed by atoms with Gasteiger partial charge in [-0.15, -0.1) is 12.4 Å². The summed E-state index contributed by atoms with van der Waals surface area (Å²) in [6.45, 7) is 5.55. The topological polar surface area (TPSA) is 51.0 Å². The molecule has 0 aliphatic carbocycles. The lowest BCUT2D eigenvalue weighted by Gasteiger charge is -2.20. The number of nitrogens with zero attached hydrogens (tertiary/aromatic N) is 4. The predicted molar refractivity (Wildman–Crippen MR) is 126 cm³/mol.